The van der Waals surface area contributed by atoms with Crippen molar-refractivity contribution >= 4 is 17.3 Å². The van der Waals surface area contributed by atoms with Gasteiger partial charge in [-0.25, -0.2) is 0 Å². The Hall–Kier alpha value is -1.75. The van der Waals surface area contributed by atoms with E-state index in [1.807, 2.05) is 0 Å². The number of amides is 1. The van der Waals surface area contributed by atoms with E-state index in [0.717, 1.165) is 18.7 Å². The first-order valence-corrected chi connectivity index (χ1v) is 6.17. The van der Waals surface area contributed by atoms with Gasteiger partial charge >= 0.3 is 0 Å². The Bertz CT molecular complexity index is 448. The molecule has 1 aromatic rings. The van der Waals surface area contributed by atoms with Crippen molar-refractivity contribution in [2.45, 2.75) is 19.4 Å². The predicted octanol–water partition coefficient (Wildman–Crippen LogP) is 0.983. The molecular weight excluding hydrogens is 230 g/mol. The van der Waals surface area contributed by atoms with Crippen LogP contribution in [0.2, 0.25) is 0 Å². The summed E-state index contributed by atoms with van der Waals surface area (Å²) in [5.74, 6) is -0.446. The molecule has 1 saturated heterocycles. The first-order valence-electron chi connectivity index (χ1n) is 6.17. The minimum absolute atomic E-state index is 0.238. The molecule has 0 spiro atoms. The Morgan fingerprint density at radius 1 is 1.56 bits per heavy atom. The molecular formula is C13H19N3O2. The molecule has 1 aromatic carbocycles. The highest BCUT2D eigenvalue weighted by atomic mass is 16.5. The van der Waals surface area contributed by atoms with E-state index in [9.17, 15) is 4.79 Å². The van der Waals surface area contributed by atoms with Crippen molar-refractivity contribution in [2.75, 3.05) is 30.4 Å². The molecule has 18 heavy (non-hydrogen) atoms. The normalized spacial score (nSPS) is 19.8. The average Bonchev–Trinajstić information content (AvgIpc) is 2.38. The van der Waals surface area contributed by atoms with Gasteiger partial charge < -0.3 is 21.1 Å². The number of hydrogen-bond donors (Lipinski definition) is 2. The van der Waals surface area contributed by atoms with Crippen LogP contribution < -0.4 is 16.4 Å². The van der Waals surface area contributed by atoms with Crippen LogP contribution in [0, 0.1) is 0 Å². The second-order valence-electron chi connectivity index (χ2n) is 4.44. The summed E-state index contributed by atoms with van der Waals surface area (Å²) in [6.45, 7) is 4.12. The molecule has 1 aliphatic rings. The molecule has 0 aromatic heterocycles. The number of carbonyl (C=O) groups excluding carboxylic acids is 1. The van der Waals surface area contributed by atoms with Gasteiger partial charge in [0.15, 0.2) is 0 Å². The van der Waals surface area contributed by atoms with Gasteiger partial charge in [-0.1, -0.05) is 13.0 Å². The highest BCUT2D eigenvalue weighted by Gasteiger charge is 2.26. The van der Waals surface area contributed by atoms with Crippen LogP contribution in [-0.2, 0) is 4.74 Å². The molecule has 1 aliphatic heterocycles. The van der Waals surface area contributed by atoms with E-state index in [1.54, 1.807) is 18.2 Å². The number of nitrogens with zero attached hydrogens (tertiary/aromatic N) is 1. The summed E-state index contributed by atoms with van der Waals surface area (Å²) in [5.41, 5.74) is 13.3. The summed E-state index contributed by atoms with van der Waals surface area (Å²) in [7, 11) is 0. The highest BCUT2D eigenvalue weighted by molar-refractivity contribution is 6.01. The van der Waals surface area contributed by atoms with E-state index in [2.05, 4.69) is 11.8 Å². The summed E-state index contributed by atoms with van der Waals surface area (Å²) in [4.78, 5) is 13.7. The number of benzene rings is 1. The lowest BCUT2D eigenvalue weighted by Gasteiger charge is -2.38. The maximum absolute atomic E-state index is 11.5. The summed E-state index contributed by atoms with van der Waals surface area (Å²) in [6.07, 6.45) is 0.937. The SMILES string of the molecule is CCC1COCCN1c1c(N)cccc1C(N)=O. The van der Waals surface area contributed by atoms with Gasteiger partial charge in [-0.3, -0.25) is 4.79 Å². The van der Waals surface area contributed by atoms with Gasteiger partial charge in [-0.05, 0) is 18.6 Å². The van der Waals surface area contributed by atoms with E-state index in [4.69, 9.17) is 16.2 Å². The van der Waals surface area contributed by atoms with E-state index < -0.39 is 5.91 Å². The molecule has 0 saturated carbocycles. The molecule has 98 valence electrons. The van der Waals surface area contributed by atoms with Crippen LogP contribution >= 0.6 is 0 Å². The summed E-state index contributed by atoms with van der Waals surface area (Å²) < 4.78 is 5.47. The topological polar surface area (TPSA) is 81.6 Å². The Morgan fingerprint density at radius 3 is 3.00 bits per heavy atom. The zero-order valence-corrected chi connectivity index (χ0v) is 10.6. The van der Waals surface area contributed by atoms with Gasteiger partial charge in [0.25, 0.3) is 5.91 Å². The maximum atomic E-state index is 11.5. The molecule has 4 N–H and O–H groups in total. The number of ether oxygens (including phenoxy) is 1. The van der Waals surface area contributed by atoms with E-state index in [0.29, 0.717) is 24.5 Å². The number of primary amides is 1. The number of nitrogen functional groups attached to an aromatic ring is 1. The highest BCUT2D eigenvalue weighted by Crippen LogP contribution is 2.31. The minimum Gasteiger partial charge on any atom is -0.397 e. The van der Waals surface area contributed by atoms with Crippen LogP contribution in [0.4, 0.5) is 11.4 Å². The molecule has 1 atom stereocenters. The molecule has 5 nitrogen and oxygen atoms in total. The van der Waals surface area contributed by atoms with Crippen molar-refractivity contribution in [3.8, 4) is 0 Å². The fourth-order valence-electron chi connectivity index (χ4n) is 2.37. The summed E-state index contributed by atoms with van der Waals surface area (Å²) in [5, 5.41) is 0. The molecule has 1 fully saturated rings. The number of carbonyl (C=O) groups is 1. The number of rotatable bonds is 3. The van der Waals surface area contributed by atoms with E-state index in [1.165, 1.54) is 0 Å². The van der Waals surface area contributed by atoms with Gasteiger partial charge in [0.2, 0.25) is 0 Å². The first-order chi connectivity index (χ1) is 8.65. The number of para-hydroxylation sites is 1. The molecule has 1 heterocycles. The van der Waals surface area contributed by atoms with Crippen molar-refractivity contribution in [3.63, 3.8) is 0 Å². The van der Waals surface area contributed by atoms with Gasteiger partial charge in [-0.2, -0.15) is 0 Å². The number of hydrogen-bond acceptors (Lipinski definition) is 4. The van der Waals surface area contributed by atoms with Gasteiger partial charge in [0.05, 0.1) is 36.2 Å². The predicted molar refractivity (Wildman–Crippen MR) is 71.6 cm³/mol. The Labute approximate surface area is 107 Å². The van der Waals surface area contributed by atoms with Crippen LogP contribution in [-0.4, -0.2) is 31.7 Å². The standard InChI is InChI=1S/C13H19N3O2/c1-2-9-8-18-7-6-16(9)12-10(13(15)17)4-3-5-11(12)14/h3-5,9H,2,6-8,14H2,1H3,(H2,15,17). The van der Waals surface area contributed by atoms with Gasteiger partial charge in [0.1, 0.15) is 0 Å². The monoisotopic (exact) mass is 249 g/mol. The van der Waals surface area contributed by atoms with Crippen molar-refractivity contribution in [3.05, 3.63) is 23.8 Å². The zero-order valence-electron chi connectivity index (χ0n) is 10.6. The van der Waals surface area contributed by atoms with Crippen molar-refractivity contribution in [1.29, 1.82) is 0 Å². The van der Waals surface area contributed by atoms with Crippen LogP contribution in [0.5, 0.6) is 0 Å². The van der Waals surface area contributed by atoms with Crippen molar-refractivity contribution < 1.29 is 9.53 Å². The number of nitrogens with two attached hydrogens (primary N) is 2. The van der Waals surface area contributed by atoms with E-state index in [-0.39, 0.29) is 6.04 Å². The number of morpholine rings is 1. The quantitative estimate of drug-likeness (QED) is 0.782. The zero-order chi connectivity index (χ0) is 13.1. The molecule has 1 amide bonds. The molecule has 5 heteroatoms. The molecule has 2 rings (SSSR count). The van der Waals surface area contributed by atoms with Gasteiger partial charge in [-0.15, -0.1) is 0 Å². The Kier molecular flexibility index (Phi) is 3.72. The van der Waals surface area contributed by atoms with Crippen molar-refractivity contribution in [1.82, 2.24) is 0 Å². The van der Waals surface area contributed by atoms with Crippen molar-refractivity contribution in [2.24, 2.45) is 5.73 Å². The van der Waals surface area contributed by atoms with Crippen LogP contribution in [0.3, 0.4) is 0 Å². The minimum atomic E-state index is -0.446. The fraction of sp³-hybridized carbons (Fsp3) is 0.462. The third kappa shape index (κ3) is 2.26. The lowest BCUT2D eigenvalue weighted by molar-refractivity contribution is 0.0922. The Balaban J connectivity index is 2.44. The summed E-state index contributed by atoms with van der Waals surface area (Å²) in [6, 6.07) is 5.50. The molecule has 0 bridgehead atoms. The summed E-state index contributed by atoms with van der Waals surface area (Å²) >= 11 is 0. The average molecular weight is 249 g/mol. The largest absolute Gasteiger partial charge is 0.397 e. The fourth-order valence-corrected chi connectivity index (χ4v) is 2.37. The van der Waals surface area contributed by atoms with Gasteiger partial charge in [0, 0.05) is 6.54 Å². The Morgan fingerprint density at radius 2 is 2.33 bits per heavy atom. The third-order valence-electron chi connectivity index (χ3n) is 3.32. The second-order valence-corrected chi connectivity index (χ2v) is 4.44. The third-order valence-corrected chi connectivity index (χ3v) is 3.32. The van der Waals surface area contributed by atoms with E-state index >= 15 is 0 Å². The lowest BCUT2D eigenvalue weighted by Crippen LogP contribution is -2.46. The molecule has 1 unspecified atom stereocenters. The van der Waals surface area contributed by atoms with Crippen LogP contribution in [0.1, 0.15) is 23.7 Å². The second kappa shape index (κ2) is 5.27. The van der Waals surface area contributed by atoms with Crippen LogP contribution in [0.25, 0.3) is 0 Å². The van der Waals surface area contributed by atoms with Crippen LogP contribution in [0.15, 0.2) is 18.2 Å². The molecule has 0 aliphatic carbocycles. The smallest absolute Gasteiger partial charge is 0.250 e. The molecule has 0 radical (unpaired) electrons. The lowest BCUT2D eigenvalue weighted by atomic mass is 10.1. The number of anilines is 2. The first kappa shape index (κ1) is 12.7. The maximum Gasteiger partial charge on any atom is 0.250 e.